The molecule has 19 heavy (non-hydrogen) atoms. The molecule has 0 bridgehead atoms. The third kappa shape index (κ3) is 3.79. The van der Waals surface area contributed by atoms with Crippen molar-refractivity contribution in [2.75, 3.05) is 0 Å². The Balaban J connectivity index is 2.04. The van der Waals surface area contributed by atoms with Crippen LogP contribution in [0, 0.1) is 0 Å². The number of rotatable bonds is 3. The van der Waals surface area contributed by atoms with E-state index in [1.54, 1.807) is 0 Å². The van der Waals surface area contributed by atoms with E-state index < -0.39 is 0 Å². The fourth-order valence-electron chi connectivity index (χ4n) is 2.14. The highest BCUT2D eigenvalue weighted by Gasteiger charge is 2.45. The maximum absolute atomic E-state index is 5.63. The van der Waals surface area contributed by atoms with Crippen LogP contribution in [0.4, 0.5) is 0 Å². The van der Waals surface area contributed by atoms with Crippen molar-refractivity contribution in [2.45, 2.75) is 46.4 Å². The monoisotopic (exact) mass is 257 g/mol. The van der Waals surface area contributed by atoms with Gasteiger partial charge in [-0.1, -0.05) is 48.1 Å². The molecule has 1 aliphatic rings. The van der Waals surface area contributed by atoms with Gasteiger partial charge in [0.25, 0.3) is 0 Å². The molecule has 0 aliphatic carbocycles. The van der Waals surface area contributed by atoms with Gasteiger partial charge < -0.3 is 0 Å². The molecule has 2 heteroatoms. The van der Waals surface area contributed by atoms with E-state index in [9.17, 15) is 0 Å². The van der Waals surface area contributed by atoms with E-state index in [0.29, 0.717) is 0 Å². The summed E-state index contributed by atoms with van der Waals surface area (Å²) in [5.74, 6) is 0. The van der Waals surface area contributed by atoms with E-state index >= 15 is 0 Å². The Morgan fingerprint density at radius 3 is 2.32 bits per heavy atom. The van der Waals surface area contributed by atoms with Crippen molar-refractivity contribution in [3.05, 3.63) is 53.1 Å². The van der Waals surface area contributed by atoms with Crippen LogP contribution in [0.15, 0.2) is 47.6 Å². The Kier molecular flexibility index (Phi) is 3.93. The Morgan fingerprint density at radius 2 is 1.79 bits per heavy atom. The Bertz CT molecular complexity index is 494. The molecule has 102 valence electrons. The molecule has 1 aliphatic heterocycles. The Hall–Kier alpha value is -1.38. The first-order valence-corrected chi connectivity index (χ1v) is 6.75. The van der Waals surface area contributed by atoms with Gasteiger partial charge in [-0.15, -0.1) is 5.06 Å². The highest BCUT2D eigenvalue weighted by atomic mass is 16.8. The van der Waals surface area contributed by atoms with Gasteiger partial charge in [0.1, 0.15) is 0 Å². The molecule has 2 atom stereocenters. The van der Waals surface area contributed by atoms with Crippen molar-refractivity contribution in [3.63, 3.8) is 0 Å². The summed E-state index contributed by atoms with van der Waals surface area (Å²) in [5.41, 5.74) is 3.79. The van der Waals surface area contributed by atoms with Crippen LogP contribution in [-0.4, -0.2) is 16.8 Å². The number of nitrogens with zero attached hydrogens (tertiary/aromatic N) is 1. The van der Waals surface area contributed by atoms with Gasteiger partial charge in [-0.2, -0.15) is 0 Å². The van der Waals surface area contributed by atoms with E-state index in [-0.39, 0.29) is 11.8 Å². The molecule has 0 amide bonds. The molecule has 1 aromatic carbocycles. The molecule has 0 aromatic heterocycles. The molecule has 1 heterocycles. The number of hydrogen-bond acceptors (Lipinski definition) is 2. The zero-order valence-electron chi connectivity index (χ0n) is 12.5. The molecule has 1 saturated heterocycles. The van der Waals surface area contributed by atoms with Crippen molar-refractivity contribution in [1.82, 2.24) is 5.06 Å². The molecule has 2 nitrogen and oxygen atoms in total. The van der Waals surface area contributed by atoms with Gasteiger partial charge >= 0.3 is 0 Å². The number of allylic oxidation sites excluding steroid dienone is 2. The van der Waals surface area contributed by atoms with Crippen LogP contribution in [0.5, 0.6) is 0 Å². The average Bonchev–Trinajstić information content (AvgIpc) is 3.09. The molecule has 0 N–H and O–H groups in total. The smallest absolute Gasteiger partial charge is 0.176 e. The minimum Gasteiger partial charge on any atom is -0.270 e. The standard InChI is InChI=1S/C17H23NO/c1-13(12-15-9-7-6-8-10-15)11-14(2)16-18(19-16)17(3,4)5/h6-12,16H,1-5H3/b13-12+,14-11+. The van der Waals surface area contributed by atoms with Crippen molar-refractivity contribution in [2.24, 2.45) is 0 Å². The molecule has 1 aromatic rings. The van der Waals surface area contributed by atoms with Crippen LogP contribution in [0.3, 0.4) is 0 Å². The summed E-state index contributed by atoms with van der Waals surface area (Å²) < 4.78 is 0. The first-order valence-electron chi connectivity index (χ1n) is 6.75. The fraction of sp³-hybridized carbons (Fsp3) is 0.412. The first kappa shape index (κ1) is 14.0. The topological polar surface area (TPSA) is 15.5 Å². The zero-order chi connectivity index (χ0) is 14.0. The van der Waals surface area contributed by atoms with Crippen LogP contribution < -0.4 is 0 Å². The average molecular weight is 257 g/mol. The lowest BCUT2D eigenvalue weighted by Gasteiger charge is -2.16. The van der Waals surface area contributed by atoms with E-state index in [2.05, 4.69) is 71.0 Å². The summed E-state index contributed by atoms with van der Waals surface area (Å²) >= 11 is 0. The fourth-order valence-corrected chi connectivity index (χ4v) is 2.14. The molecular formula is C17H23NO. The van der Waals surface area contributed by atoms with Crippen molar-refractivity contribution in [1.29, 1.82) is 0 Å². The number of hydrogen-bond donors (Lipinski definition) is 0. The van der Waals surface area contributed by atoms with Gasteiger partial charge in [0.05, 0.1) is 0 Å². The summed E-state index contributed by atoms with van der Waals surface area (Å²) in [4.78, 5) is 5.63. The van der Waals surface area contributed by atoms with Gasteiger partial charge in [0.2, 0.25) is 0 Å². The normalized spacial score (nSPS) is 24.5. The quantitative estimate of drug-likeness (QED) is 0.589. The van der Waals surface area contributed by atoms with Crippen molar-refractivity contribution >= 4 is 6.08 Å². The van der Waals surface area contributed by atoms with Crippen LogP contribution in [-0.2, 0) is 4.84 Å². The summed E-state index contributed by atoms with van der Waals surface area (Å²) in [6.45, 7) is 10.7. The maximum Gasteiger partial charge on any atom is 0.176 e. The lowest BCUT2D eigenvalue weighted by atomic mass is 10.1. The highest BCUT2D eigenvalue weighted by Crippen LogP contribution is 2.35. The van der Waals surface area contributed by atoms with Crippen LogP contribution >= 0.6 is 0 Å². The molecule has 0 radical (unpaired) electrons. The first-order chi connectivity index (χ1) is 8.88. The summed E-state index contributed by atoms with van der Waals surface area (Å²) in [6.07, 6.45) is 4.52. The zero-order valence-corrected chi connectivity index (χ0v) is 12.5. The lowest BCUT2D eigenvalue weighted by molar-refractivity contribution is 0.101. The minimum atomic E-state index is 0.0663. The van der Waals surface area contributed by atoms with Gasteiger partial charge in [0.15, 0.2) is 6.23 Å². The molecule has 1 fully saturated rings. The van der Waals surface area contributed by atoms with Crippen molar-refractivity contribution in [3.8, 4) is 0 Å². The van der Waals surface area contributed by atoms with Crippen LogP contribution in [0.25, 0.3) is 6.08 Å². The van der Waals surface area contributed by atoms with E-state index in [0.717, 1.165) is 0 Å². The van der Waals surface area contributed by atoms with E-state index in [4.69, 9.17) is 4.84 Å². The van der Waals surface area contributed by atoms with Crippen LogP contribution in [0.1, 0.15) is 40.2 Å². The largest absolute Gasteiger partial charge is 0.270 e. The van der Waals surface area contributed by atoms with Crippen molar-refractivity contribution < 1.29 is 4.84 Å². The Morgan fingerprint density at radius 1 is 1.16 bits per heavy atom. The summed E-state index contributed by atoms with van der Waals surface area (Å²) in [5, 5.41) is 2.04. The minimum absolute atomic E-state index is 0.0663. The van der Waals surface area contributed by atoms with Gasteiger partial charge in [-0.3, -0.25) is 4.84 Å². The summed E-state index contributed by atoms with van der Waals surface area (Å²) in [6, 6.07) is 10.4. The number of hydroxylamine groups is 2. The molecule has 2 rings (SSSR count). The molecule has 2 unspecified atom stereocenters. The third-order valence-corrected chi connectivity index (χ3v) is 3.08. The maximum atomic E-state index is 5.63. The second kappa shape index (κ2) is 5.32. The lowest BCUT2D eigenvalue weighted by Crippen LogP contribution is -2.27. The molecular weight excluding hydrogens is 234 g/mol. The van der Waals surface area contributed by atoms with E-state index in [1.807, 2.05) is 11.1 Å². The second-order valence-corrected chi connectivity index (χ2v) is 6.14. The molecule has 0 saturated carbocycles. The predicted molar refractivity (Wildman–Crippen MR) is 80.3 cm³/mol. The van der Waals surface area contributed by atoms with Gasteiger partial charge in [-0.25, -0.2) is 0 Å². The van der Waals surface area contributed by atoms with Crippen LogP contribution in [0.2, 0.25) is 0 Å². The van der Waals surface area contributed by atoms with Gasteiger partial charge in [0, 0.05) is 5.54 Å². The number of benzene rings is 1. The van der Waals surface area contributed by atoms with Gasteiger partial charge in [-0.05, 0) is 45.8 Å². The highest BCUT2D eigenvalue weighted by molar-refractivity contribution is 5.55. The SMILES string of the molecule is CC(=C\c1ccccc1)/C=C(\C)C1ON1C(C)(C)C. The Labute approximate surface area is 116 Å². The second-order valence-electron chi connectivity index (χ2n) is 6.14. The predicted octanol–water partition coefficient (Wildman–Crippen LogP) is 4.41. The van der Waals surface area contributed by atoms with E-state index in [1.165, 1.54) is 16.7 Å². The summed E-state index contributed by atoms with van der Waals surface area (Å²) in [7, 11) is 0. The molecule has 0 spiro atoms. The third-order valence-electron chi connectivity index (χ3n) is 3.08.